The smallest absolute Gasteiger partial charge is 0.303 e. The van der Waals surface area contributed by atoms with Crippen molar-refractivity contribution in [2.45, 2.75) is 70.0 Å². The highest BCUT2D eigenvalue weighted by atomic mass is 16.6. The van der Waals surface area contributed by atoms with E-state index >= 15 is 0 Å². The summed E-state index contributed by atoms with van der Waals surface area (Å²) < 4.78 is 21.1. The lowest BCUT2D eigenvalue weighted by Crippen LogP contribution is -2.46. The molecule has 0 bridgehead atoms. The van der Waals surface area contributed by atoms with Crippen molar-refractivity contribution in [2.24, 2.45) is 5.92 Å². The zero-order valence-electron chi connectivity index (χ0n) is 29.6. The number of nitrogens with zero attached hydrogens (tertiary/aromatic N) is 5. The fourth-order valence-corrected chi connectivity index (χ4v) is 7.45. The molecule has 0 spiro atoms. The highest BCUT2D eigenvalue weighted by Crippen LogP contribution is 2.43. The number of carboxylic acid groups (broad SMARTS) is 1. The minimum atomic E-state index is -1.03. The molecule has 53 heavy (non-hydrogen) atoms. The molecule has 0 radical (unpaired) electrons. The maximum atomic E-state index is 13.5. The fraction of sp³-hybridized carbons (Fsp3) is 0.350. The Kier molecular flexibility index (Phi) is 10.3. The first-order chi connectivity index (χ1) is 25.7. The highest BCUT2D eigenvalue weighted by molar-refractivity contribution is 6.19. The SMILES string of the molecule is COc1ccc(C(OC[C@@H]2CC[C@H](n3c(C)nc4c(N5C(=O)CCC(CCC(=O)O)C5=O)ncnc43)O2)(c2ccccc2)c2ccc(CO)cc2)cc1. The molecule has 2 aliphatic rings. The van der Waals surface area contributed by atoms with E-state index in [0.717, 1.165) is 32.9 Å². The first-order valence-electron chi connectivity index (χ1n) is 17.7. The maximum Gasteiger partial charge on any atom is 0.303 e. The molecule has 7 rings (SSSR count). The topological polar surface area (TPSA) is 166 Å². The van der Waals surface area contributed by atoms with Gasteiger partial charge in [0.05, 0.1) is 26.4 Å². The number of aromatic nitrogens is 4. The van der Waals surface area contributed by atoms with Crippen molar-refractivity contribution < 1.29 is 38.8 Å². The number of aliphatic hydroxyl groups excluding tert-OH is 1. The number of rotatable bonds is 13. The molecule has 2 aliphatic heterocycles. The first kappa shape index (κ1) is 35.9. The van der Waals surface area contributed by atoms with E-state index in [1.807, 2.05) is 90.4 Å². The molecular formula is C40H41N5O8. The molecular weight excluding hydrogens is 678 g/mol. The standard InChI is InChI=1S/C40H41N5O8/c1-25-43-36-37(41-24-42-38(36)45-33(47)19-10-27(39(45)50)11-21-35(48)49)44(25)34-20-18-32(53-34)23-52-40(28-6-4-3-5-7-28,29-12-8-26(22-46)9-13-29)30-14-16-31(51-2)17-15-30/h3-9,12-17,24,27,32,34,46H,10-11,18-23H2,1-2H3,(H,48,49)/t27?,32-,34+,40?/m0/s1. The number of methoxy groups -OCH3 is 1. The predicted octanol–water partition coefficient (Wildman–Crippen LogP) is 5.46. The number of aliphatic hydroxyl groups is 1. The number of aliphatic carboxylic acids is 1. The van der Waals surface area contributed by atoms with E-state index in [0.29, 0.717) is 36.3 Å². The number of carboxylic acids is 1. The summed E-state index contributed by atoms with van der Waals surface area (Å²) in [6, 6.07) is 25.5. The van der Waals surface area contributed by atoms with Crippen molar-refractivity contribution in [2.75, 3.05) is 18.6 Å². The van der Waals surface area contributed by atoms with Gasteiger partial charge in [-0.05, 0) is 67.0 Å². The zero-order valence-corrected chi connectivity index (χ0v) is 29.6. The summed E-state index contributed by atoms with van der Waals surface area (Å²) in [6.07, 6.45) is 2.20. The second-order valence-electron chi connectivity index (χ2n) is 13.4. The van der Waals surface area contributed by atoms with Gasteiger partial charge in [0.15, 0.2) is 17.0 Å². The number of benzene rings is 3. The Bertz CT molecular complexity index is 2050. The molecule has 2 N–H and O–H groups in total. The molecule has 2 amide bonds. The van der Waals surface area contributed by atoms with Crippen molar-refractivity contribution in [1.82, 2.24) is 19.5 Å². The van der Waals surface area contributed by atoms with Crippen LogP contribution in [0.3, 0.4) is 0 Å². The summed E-state index contributed by atoms with van der Waals surface area (Å²) in [7, 11) is 1.63. The number of aryl methyl sites for hydroxylation is 1. The predicted molar refractivity (Wildman–Crippen MR) is 193 cm³/mol. The third-order valence-electron chi connectivity index (χ3n) is 10.2. The summed E-state index contributed by atoms with van der Waals surface area (Å²) in [5.74, 6) is -1.11. The number of fused-ring (bicyclic) bond motifs is 1. The van der Waals surface area contributed by atoms with Crippen LogP contribution in [0.2, 0.25) is 0 Å². The minimum Gasteiger partial charge on any atom is -0.497 e. The molecule has 3 aromatic carbocycles. The fourth-order valence-electron chi connectivity index (χ4n) is 7.45. The van der Waals surface area contributed by atoms with Crippen LogP contribution in [0, 0.1) is 12.8 Å². The molecule has 2 aromatic heterocycles. The summed E-state index contributed by atoms with van der Waals surface area (Å²) in [5, 5.41) is 19.0. The number of amides is 2. The van der Waals surface area contributed by atoms with E-state index in [1.165, 1.54) is 6.33 Å². The molecule has 4 atom stereocenters. The lowest BCUT2D eigenvalue weighted by Gasteiger charge is -2.37. The zero-order chi connectivity index (χ0) is 37.1. The number of ether oxygens (including phenoxy) is 3. The molecule has 0 aliphatic carbocycles. The molecule has 5 aromatic rings. The highest BCUT2D eigenvalue weighted by Gasteiger charge is 2.41. The van der Waals surface area contributed by atoms with Gasteiger partial charge >= 0.3 is 5.97 Å². The summed E-state index contributed by atoms with van der Waals surface area (Å²) in [5.41, 5.74) is 3.17. The summed E-state index contributed by atoms with van der Waals surface area (Å²) >= 11 is 0. The van der Waals surface area contributed by atoms with Crippen LogP contribution in [-0.4, -0.2) is 67.3 Å². The third-order valence-corrected chi connectivity index (χ3v) is 10.2. The quantitative estimate of drug-likeness (QED) is 0.117. The van der Waals surface area contributed by atoms with E-state index in [1.54, 1.807) is 7.11 Å². The van der Waals surface area contributed by atoms with Crippen LogP contribution in [0.1, 0.15) is 72.8 Å². The van der Waals surface area contributed by atoms with Gasteiger partial charge in [0.2, 0.25) is 11.8 Å². The van der Waals surface area contributed by atoms with Crippen molar-refractivity contribution >= 4 is 34.8 Å². The maximum absolute atomic E-state index is 13.5. The minimum absolute atomic E-state index is 0.0773. The molecule has 13 heteroatoms. The van der Waals surface area contributed by atoms with Crippen molar-refractivity contribution in [3.05, 3.63) is 113 Å². The van der Waals surface area contributed by atoms with Crippen molar-refractivity contribution in [3.8, 4) is 5.75 Å². The number of piperidine rings is 1. The van der Waals surface area contributed by atoms with Gasteiger partial charge in [0.25, 0.3) is 0 Å². The Hall–Kier alpha value is -5.50. The Labute approximate surface area is 306 Å². The number of hydrogen-bond donors (Lipinski definition) is 2. The van der Waals surface area contributed by atoms with Gasteiger partial charge in [0.1, 0.15) is 29.7 Å². The first-order valence-corrected chi connectivity index (χ1v) is 17.7. The lowest BCUT2D eigenvalue weighted by molar-refractivity contribution is -0.137. The molecule has 13 nitrogen and oxygen atoms in total. The molecule has 4 heterocycles. The van der Waals surface area contributed by atoms with Crippen LogP contribution >= 0.6 is 0 Å². The number of anilines is 1. The summed E-state index contributed by atoms with van der Waals surface area (Å²) in [4.78, 5) is 52.3. The van der Waals surface area contributed by atoms with Gasteiger partial charge in [-0.2, -0.15) is 0 Å². The molecule has 2 unspecified atom stereocenters. The van der Waals surface area contributed by atoms with Crippen LogP contribution in [0.4, 0.5) is 5.82 Å². The van der Waals surface area contributed by atoms with Gasteiger partial charge in [-0.15, -0.1) is 0 Å². The second kappa shape index (κ2) is 15.2. The van der Waals surface area contributed by atoms with Crippen LogP contribution in [0.15, 0.2) is 85.2 Å². The molecule has 2 fully saturated rings. The van der Waals surface area contributed by atoms with E-state index in [-0.39, 0.29) is 44.4 Å². The third kappa shape index (κ3) is 6.90. The van der Waals surface area contributed by atoms with Gasteiger partial charge < -0.3 is 24.4 Å². The van der Waals surface area contributed by atoms with E-state index in [9.17, 15) is 24.6 Å². The van der Waals surface area contributed by atoms with E-state index in [4.69, 9.17) is 19.2 Å². The number of imidazole rings is 1. The second-order valence-corrected chi connectivity index (χ2v) is 13.4. The van der Waals surface area contributed by atoms with Crippen LogP contribution in [-0.2, 0) is 36.1 Å². The van der Waals surface area contributed by atoms with Gasteiger partial charge in [0, 0.05) is 18.8 Å². The Morgan fingerprint density at radius 3 is 2.32 bits per heavy atom. The van der Waals surface area contributed by atoms with Crippen molar-refractivity contribution in [1.29, 1.82) is 0 Å². The van der Waals surface area contributed by atoms with Crippen LogP contribution in [0.5, 0.6) is 5.75 Å². The Morgan fingerprint density at radius 2 is 1.64 bits per heavy atom. The van der Waals surface area contributed by atoms with E-state index in [2.05, 4.69) is 9.97 Å². The van der Waals surface area contributed by atoms with Crippen molar-refractivity contribution in [3.63, 3.8) is 0 Å². The summed E-state index contributed by atoms with van der Waals surface area (Å²) in [6.45, 7) is 1.97. The van der Waals surface area contributed by atoms with Crippen LogP contribution < -0.4 is 9.64 Å². The van der Waals surface area contributed by atoms with Crippen LogP contribution in [0.25, 0.3) is 11.2 Å². The average Bonchev–Trinajstić information content (AvgIpc) is 3.79. The Balaban J connectivity index is 1.18. The lowest BCUT2D eigenvalue weighted by atomic mass is 9.79. The van der Waals surface area contributed by atoms with Gasteiger partial charge in [-0.25, -0.2) is 19.9 Å². The van der Waals surface area contributed by atoms with Gasteiger partial charge in [-0.1, -0.05) is 66.7 Å². The van der Waals surface area contributed by atoms with Gasteiger partial charge in [-0.3, -0.25) is 19.0 Å². The number of hydrogen-bond acceptors (Lipinski definition) is 10. The number of imide groups is 1. The molecule has 0 saturated carbocycles. The Morgan fingerprint density at radius 1 is 0.943 bits per heavy atom. The molecule has 274 valence electrons. The van der Waals surface area contributed by atoms with E-state index < -0.39 is 35.5 Å². The average molecular weight is 720 g/mol. The molecule has 2 saturated heterocycles. The monoisotopic (exact) mass is 719 g/mol. The number of carbonyl (C=O) groups is 3. The number of carbonyl (C=O) groups excluding carboxylic acids is 2. The largest absolute Gasteiger partial charge is 0.497 e. The normalized spacial score (nSPS) is 20.1.